The van der Waals surface area contributed by atoms with Gasteiger partial charge in [-0.2, -0.15) is 0 Å². The van der Waals surface area contributed by atoms with Gasteiger partial charge in [0, 0.05) is 31.4 Å². The van der Waals surface area contributed by atoms with Crippen molar-refractivity contribution in [1.29, 1.82) is 0 Å². The molecule has 1 aliphatic heterocycles. The first-order valence-electron chi connectivity index (χ1n) is 9.43. The number of nitrogens with zero attached hydrogens (tertiary/aromatic N) is 1. The summed E-state index contributed by atoms with van der Waals surface area (Å²) in [6.07, 6.45) is 1.55. The van der Waals surface area contributed by atoms with Gasteiger partial charge in [-0.15, -0.1) is 0 Å². The van der Waals surface area contributed by atoms with Crippen molar-refractivity contribution in [3.63, 3.8) is 0 Å². The number of carbonyl (C=O) groups is 1. The Balaban J connectivity index is 1.60. The molecule has 1 unspecified atom stereocenters. The summed E-state index contributed by atoms with van der Waals surface area (Å²) in [5, 5.41) is 3.12. The first kappa shape index (κ1) is 19.8. The van der Waals surface area contributed by atoms with Crippen molar-refractivity contribution >= 4 is 13.4 Å². The van der Waals surface area contributed by atoms with Gasteiger partial charge in [-0.3, -0.25) is 9.36 Å². The van der Waals surface area contributed by atoms with Crippen LogP contribution < -0.4 is 5.32 Å². The number of carbonyl (C=O) groups excluding carboxylic acids is 1. The summed E-state index contributed by atoms with van der Waals surface area (Å²) >= 11 is 0. The van der Waals surface area contributed by atoms with E-state index in [1.54, 1.807) is 6.66 Å². The van der Waals surface area contributed by atoms with E-state index in [2.05, 4.69) is 5.32 Å². The highest BCUT2D eigenvalue weighted by molar-refractivity contribution is 7.55. The van der Waals surface area contributed by atoms with Gasteiger partial charge in [-0.05, 0) is 43.0 Å². The van der Waals surface area contributed by atoms with Crippen LogP contribution in [-0.2, 0) is 9.09 Å². The van der Waals surface area contributed by atoms with E-state index in [1.807, 2.05) is 66.2 Å². The van der Waals surface area contributed by atoms with Gasteiger partial charge < -0.3 is 9.84 Å². The van der Waals surface area contributed by atoms with Gasteiger partial charge in [0.1, 0.15) is 0 Å². The predicted molar refractivity (Wildman–Crippen MR) is 109 cm³/mol. The molecule has 1 amide bonds. The first-order chi connectivity index (χ1) is 13.0. The van der Waals surface area contributed by atoms with E-state index >= 15 is 0 Å². The maximum Gasteiger partial charge on any atom is 0.269 e. The third kappa shape index (κ3) is 5.07. The molecule has 144 valence electrons. The minimum atomic E-state index is -2.71. The van der Waals surface area contributed by atoms with Crippen LogP contribution in [0, 0.1) is 0 Å². The average molecular weight is 386 g/mol. The van der Waals surface area contributed by atoms with Crippen LogP contribution in [0.25, 0.3) is 11.1 Å². The van der Waals surface area contributed by atoms with Crippen LogP contribution in [0.15, 0.2) is 54.6 Å². The lowest BCUT2D eigenvalue weighted by Gasteiger charge is -2.35. The van der Waals surface area contributed by atoms with E-state index in [0.29, 0.717) is 25.3 Å². The van der Waals surface area contributed by atoms with Crippen LogP contribution in [-0.4, -0.2) is 43.0 Å². The summed E-state index contributed by atoms with van der Waals surface area (Å²) in [5.74, 6) is -0.0595. The normalized spacial score (nSPS) is 18.0. The summed E-state index contributed by atoms with van der Waals surface area (Å²) in [7, 11) is -2.71. The fraction of sp³-hybridized carbons (Fsp3) is 0.381. The Morgan fingerprint density at radius 3 is 2.44 bits per heavy atom. The molecular weight excluding hydrogens is 359 g/mol. The van der Waals surface area contributed by atoms with Crippen LogP contribution in [0.3, 0.4) is 0 Å². The molecule has 1 heterocycles. The zero-order valence-electron chi connectivity index (χ0n) is 15.9. The number of hydrogen-bond donors (Lipinski definition) is 1. The Morgan fingerprint density at radius 2 is 1.78 bits per heavy atom. The number of nitrogens with one attached hydrogen (secondary N) is 1. The smallest absolute Gasteiger partial charge is 0.269 e. The van der Waals surface area contributed by atoms with Crippen molar-refractivity contribution in [2.45, 2.75) is 25.8 Å². The minimum absolute atomic E-state index is 0.0595. The highest BCUT2D eigenvalue weighted by atomic mass is 31.2. The molecular formula is C21H27N2O3P. The van der Waals surface area contributed by atoms with Crippen molar-refractivity contribution in [1.82, 2.24) is 9.99 Å². The van der Waals surface area contributed by atoms with Gasteiger partial charge >= 0.3 is 0 Å². The molecule has 1 aliphatic rings. The summed E-state index contributed by atoms with van der Waals surface area (Å²) in [6.45, 7) is 5.31. The Bertz CT molecular complexity index is 817. The van der Waals surface area contributed by atoms with E-state index in [4.69, 9.17) is 4.52 Å². The van der Waals surface area contributed by atoms with Crippen LogP contribution in [0.1, 0.15) is 30.1 Å². The van der Waals surface area contributed by atoms with E-state index in [9.17, 15) is 9.36 Å². The second-order valence-corrected chi connectivity index (χ2v) is 9.30. The molecule has 0 bridgehead atoms. The van der Waals surface area contributed by atoms with Gasteiger partial charge in [0.2, 0.25) is 0 Å². The first-order valence-corrected chi connectivity index (χ1v) is 11.5. The average Bonchev–Trinajstić information content (AvgIpc) is 2.69. The lowest BCUT2D eigenvalue weighted by atomic mass is 10.0. The van der Waals surface area contributed by atoms with Crippen LogP contribution in [0.2, 0.25) is 0 Å². The van der Waals surface area contributed by atoms with Gasteiger partial charge in [-0.25, -0.2) is 4.67 Å². The molecule has 1 fully saturated rings. The fourth-order valence-electron chi connectivity index (χ4n) is 3.43. The molecule has 0 aliphatic carbocycles. The van der Waals surface area contributed by atoms with Crippen molar-refractivity contribution in [2.24, 2.45) is 0 Å². The Hall–Kier alpha value is -1.94. The van der Waals surface area contributed by atoms with Gasteiger partial charge in [0.25, 0.3) is 13.4 Å². The Labute approximate surface area is 161 Å². The Kier molecular flexibility index (Phi) is 6.48. The van der Waals surface area contributed by atoms with Gasteiger partial charge in [0.05, 0.1) is 6.61 Å². The van der Waals surface area contributed by atoms with E-state index in [-0.39, 0.29) is 11.9 Å². The number of amides is 1. The van der Waals surface area contributed by atoms with Crippen molar-refractivity contribution < 1.29 is 13.9 Å². The molecule has 1 N–H and O–H groups in total. The summed E-state index contributed by atoms with van der Waals surface area (Å²) in [5.41, 5.74) is 2.78. The largest absolute Gasteiger partial charge is 0.349 e. The van der Waals surface area contributed by atoms with Crippen LogP contribution >= 0.6 is 7.52 Å². The fourth-order valence-corrected chi connectivity index (χ4v) is 5.03. The maximum atomic E-state index is 12.7. The standard InChI is InChI=1S/C21H27N2O3P/c1-3-26-27(2,25)23-14-12-20(13-15-23)22-21(24)19-11-7-10-18(16-19)17-8-5-4-6-9-17/h4-11,16,20H,3,12-15H2,1-2H3,(H,22,24). The van der Waals surface area contributed by atoms with Crippen LogP contribution in [0.4, 0.5) is 0 Å². The molecule has 3 rings (SSSR count). The van der Waals surface area contributed by atoms with Gasteiger partial charge in [0.15, 0.2) is 0 Å². The zero-order chi connectivity index (χ0) is 19.3. The molecule has 5 nitrogen and oxygen atoms in total. The minimum Gasteiger partial charge on any atom is -0.349 e. The maximum absolute atomic E-state index is 12.7. The van der Waals surface area contributed by atoms with Crippen molar-refractivity contribution in [3.05, 3.63) is 60.2 Å². The molecule has 6 heteroatoms. The van der Waals surface area contributed by atoms with Crippen LogP contribution in [0.5, 0.6) is 0 Å². The summed E-state index contributed by atoms with van der Waals surface area (Å²) in [4.78, 5) is 12.7. The van der Waals surface area contributed by atoms with E-state index < -0.39 is 7.52 Å². The predicted octanol–water partition coefficient (Wildman–Crippen LogP) is 4.41. The second kappa shape index (κ2) is 8.83. The number of piperidine rings is 1. The lowest BCUT2D eigenvalue weighted by Crippen LogP contribution is -2.43. The molecule has 27 heavy (non-hydrogen) atoms. The molecule has 1 saturated heterocycles. The summed E-state index contributed by atoms with van der Waals surface area (Å²) in [6, 6.07) is 17.8. The highest BCUT2D eigenvalue weighted by Gasteiger charge is 2.30. The molecule has 0 saturated carbocycles. The highest BCUT2D eigenvalue weighted by Crippen LogP contribution is 2.47. The Morgan fingerprint density at radius 1 is 1.11 bits per heavy atom. The topological polar surface area (TPSA) is 58.6 Å². The molecule has 1 atom stereocenters. The summed E-state index contributed by atoms with van der Waals surface area (Å²) < 4.78 is 19.8. The van der Waals surface area contributed by atoms with E-state index in [1.165, 1.54) is 0 Å². The molecule has 0 radical (unpaired) electrons. The number of hydrogen-bond acceptors (Lipinski definition) is 3. The third-order valence-corrected chi connectivity index (χ3v) is 7.09. The van der Waals surface area contributed by atoms with Crippen molar-refractivity contribution in [3.8, 4) is 11.1 Å². The molecule has 2 aromatic carbocycles. The monoisotopic (exact) mass is 386 g/mol. The quantitative estimate of drug-likeness (QED) is 0.748. The SMILES string of the molecule is CCOP(C)(=O)N1CCC(NC(=O)c2cccc(-c3ccccc3)c2)CC1. The van der Waals surface area contributed by atoms with Gasteiger partial charge in [-0.1, -0.05) is 42.5 Å². The molecule has 0 spiro atoms. The zero-order valence-corrected chi connectivity index (χ0v) is 16.8. The molecule has 2 aromatic rings. The second-order valence-electron chi connectivity index (χ2n) is 6.87. The molecule has 0 aromatic heterocycles. The number of rotatable bonds is 6. The van der Waals surface area contributed by atoms with E-state index in [0.717, 1.165) is 24.0 Å². The third-order valence-electron chi connectivity index (χ3n) is 4.92. The lowest BCUT2D eigenvalue weighted by molar-refractivity contribution is 0.0922. The number of benzene rings is 2. The van der Waals surface area contributed by atoms with Crippen molar-refractivity contribution in [2.75, 3.05) is 26.4 Å².